The van der Waals surface area contributed by atoms with Crippen LogP contribution in [0.25, 0.3) is 0 Å². The maximum absolute atomic E-state index is 10.8. The number of hydrogen-bond acceptors (Lipinski definition) is 8. The number of hydrogen-bond donors (Lipinski definition) is 4. The van der Waals surface area contributed by atoms with Crippen LogP contribution in [0.5, 0.6) is 0 Å². The maximum Gasteiger partial charge on any atom is 0.335 e. The zero-order valence-corrected chi connectivity index (χ0v) is 14.1. The molecule has 140 valence electrons. The summed E-state index contributed by atoms with van der Waals surface area (Å²) in [5.41, 5.74) is 0. The third kappa shape index (κ3) is 6.69. The molecule has 0 radical (unpaired) electrons. The van der Waals surface area contributed by atoms with Crippen LogP contribution < -0.4 is 0 Å². The minimum absolute atomic E-state index is 0.375. The highest BCUT2D eigenvalue weighted by Crippen LogP contribution is 2.32. The van der Waals surface area contributed by atoms with E-state index in [-0.39, 0.29) is 0 Å². The van der Waals surface area contributed by atoms with Crippen LogP contribution >= 0.6 is 0 Å². The van der Waals surface area contributed by atoms with E-state index < -0.39 is 34.3 Å². The molecule has 2 bridgehead atoms. The fraction of sp³-hybridized carbons (Fsp3) is 0.846. The Hall–Kier alpha value is -1.27. The summed E-state index contributed by atoms with van der Waals surface area (Å²) in [4.78, 5) is 21.9. The van der Waals surface area contributed by atoms with Gasteiger partial charge < -0.3 is 25.3 Å². The van der Waals surface area contributed by atoms with Crippen molar-refractivity contribution in [1.82, 2.24) is 4.90 Å². The predicted molar refractivity (Wildman–Crippen MR) is 80.7 cm³/mol. The highest BCUT2D eigenvalue weighted by atomic mass is 32.2. The van der Waals surface area contributed by atoms with Crippen LogP contribution in [0.3, 0.4) is 0 Å². The van der Waals surface area contributed by atoms with E-state index in [1.807, 2.05) is 0 Å². The highest BCUT2D eigenvalue weighted by molar-refractivity contribution is 7.85. The summed E-state index contributed by atoms with van der Waals surface area (Å²) in [6.07, 6.45) is -1.00. The molecule has 4 N–H and O–H groups in total. The van der Waals surface area contributed by atoms with Gasteiger partial charge in [0.2, 0.25) is 0 Å². The molecule has 10 nitrogen and oxygen atoms in total. The van der Waals surface area contributed by atoms with Gasteiger partial charge in [-0.25, -0.2) is 9.59 Å². The van der Waals surface area contributed by atoms with Crippen LogP contribution in [-0.2, 0) is 23.9 Å². The molecule has 0 saturated carbocycles. The monoisotopic (exact) mass is 369 g/mol. The van der Waals surface area contributed by atoms with E-state index in [4.69, 9.17) is 24.6 Å². The number of nitrogens with zero attached hydrogens (tertiary/aromatic N) is 1. The molecule has 3 saturated heterocycles. The van der Waals surface area contributed by atoms with Crippen molar-refractivity contribution >= 4 is 22.1 Å². The van der Waals surface area contributed by atoms with E-state index in [0.29, 0.717) is 18.4 Å². The number of carboxylic acid groups (broad SMARTS) is 2. The molecule has 0 aliphatic carbocycles. The number of aliphatic carboxylic acids is 2. The molecule has 3 rings (SSSR count). The van der Waals surface area contributed by atoms with Gasteiger partial charge in [0.25, 0.3) is 10.1 Å². The summed E-state index contributed by atoms with van der Waals surface area (Å²) in [5.74, 6) is -2.43. The standard InChI is InChI=1S/C9H17NO3S.C4H6O6/c1-14(11,12)13-7-9-6-10-4-2-8(9)3-5-10;5-1(3(7)8)2(6)4(9)10/h8-9H,2-7H2,1H3;1-2,5-6H,(H,7,8)(H,9,10)/t9-;1-,2-/m10/s1. The van der Waals surface area contributed by atoms with Crippen LogP contribution in [0.4, 0.5) is 0 Å². The molecule has 0 aromatic carbocycles. The predicted octanol–water partition coefficient (Wildman–Crippen LogP) is -1.82. The second kappa shape index (κ2) is 8.72. The number of rotatable bonds is 6. The fourth-order valence-electron chi connectivity index (χ4n) is 2.76. The lowest BCUT2D eigenvalue weighted by atomic mass is 9.80. The van der Waals surface area contributed by atoms with Crippen LogP contribution in [0.1, 0.15) is 12.8 Å². The van der Waals surface area contributed by atoms with E-state index in [2.05, 4.69) is 4.90 Å². The Morgan fingerprint density at radius 2 is 1.58 bits per heavy atom. The molecule has 3 aliphatic rings. The summed E-state index contributed by atoms with van der Waals surface area (Å²) in [5, 5.41) is 32.5. The second-order valence-electron chi connectivity index (χ2n) is 5.95. The molecule has 0 aromatic heterocycles. The average Bonchev–Trinajstić information content (AvgIpc) is 2.52. The molecule has 0 unspecified atom stereocenters. The van der Waals surface area contributed by atoms with Crippen molar-refractivity contribution in [2.75, 3.05) is 32.5 Å². The van der Waals surface area contributed by atoms with Gasteiger partial charge >= 0.3 is 11.9 Å². The van der Waals surface area contributed by atoms with Crippen molar-refractivity contribution in [3.8, 4) is 0 Å². The van der Waals surface area contributed by atoms with Gasteiger partial charge in [-0.3, -0.25) is 4.18 Å². The van der Waals surface area contributed by atoms with Crippen LogP contribution in [0.2, 0.25) is 0 Å². The molecule has 0 aromatic rings. The fourth-order valence-corrected chi connectivity index (χ4v) is 3.18. The van der Waals surface area contributed by atoms with Crippen LogP contribution in [-0.4, -0.2) is 90.4 Å². The first-order valence-electron chi connectivity index (χ1n) is 7.39. The Balaban J connectivity index is 0.000000257. The molecular formula is C13H23NO9S. The number of fused-ring (bicyclic) bond motifs is 3. The largest absolute Gasteiger partial charge is 0.479 e. The number of carboxylic acids is 2. The van der Waals surface area contributed by atoms with Crippen LogP contribution in [0.15, 0.2) is 0 Å². The lowest BCUT2D eigenvalue weighted by molar-refractivity contribution is -0.165. The third-order valence-corrected chi connectivity index (χ3v) is 4.66. The van der Waals surface area contributed by atoms with Gasteiger partial charge in [0, 0.05) is 6.54 Å². The number of piperidine rings is 3. The van der Waals surface area contributed by atoms with E-state index in [0.717, 1.165) is 12.8 Å². The Morgan fingerprint density at radius 3 is 1.88 bits per heavy atom. The number of carbonyl (C=O) groups is 2. The Bertz CT molecular complexity index is 524. The summed E-state index contributed by atoms with van der Waals surface area (Å²) in [6, 6.07) is 0. The minimum atomic E-state index is -3.26. The van der Waals surface area contributed by atoms with Crippen molar-refractivity contribution in [3.63, 3.8) is 0 Å². The Labute approximate surface area is 139 Å². The quantitative estimate of drug-likeness (QED) is 0.392. The highest BCUT2D eigenvalue weighted by Gasteiger charge is 2.34. The van der Waals surface area contributed by atoms with Gasteiger partial charge in [-0.2, -0.15) is 8.42 Å². The second-order valence-corrected chi connectivity index (χ2v) is 7.60. The van der Waals surface area contributed by atoms with Gasteiger partial charge in [0.05, 0.1) is 12.9 Å². The van der Waals surface area contributed by atoms with Crippen molar-refractivity contribution in [3.05, 3.63) is 0 Å². The zero-order valence-electron chi connectivity index (χ0n) is 13.2. The summed E-state index contributed by atoms with van der Waals surface area (Å²) >= 11 is 0. The number of aliphatic hydroxyl groups excluding tert-OH is 2. The zero-order chi connectivity index (χ0) is 18.5. The molecule has 3 heterocycles. The SMILES string of the molecule is CS(=O)(=O)OC[C@H]1CN2CCC1CC2.O=C(O)[C@@H](O)[C@H](O)C(=O)O. The maximum atomic E-state index is 10.8. The summed E-state index contributed by atoms with van der Waals surface area (Å²) < 4.78 is 26.6. The molecular weight excluding hydrogens is 346 g/mol. The first-order chi connectivity index (χ1) is 11.0. The minimum Gasteiger partial charge on any atom is -0.479 e. The smallest absolute Gasteiger partial charge is 0.335 e. The van der Waals surface area contributed by atoms with E-state index in [1.165, 1.54) is 25.9 Å². The van der Waals surface area contributed by atoms with Gasteiger partial charge in [-0.15, -0.1) is 0 Å². The summed E-state index contributed by atoms with van der Waals surface area (Å²) in [7, 11) is -3.26. The molecule has 24 heavy (non-hydrogen) atoms. The molecule has 3 atom stereocenters. The summed E-state index contributed by atoms with van der Waals surface area (Å²) in [6.45, 7) is 3.75. The van der Waals surface area contributed by atoms with E-state index in [9.17, 15) is 18.0 Å². The molecule has 0 amide bonds. The van der Waals surface area contributed by atoms with Crippen LogP contribution in [0, 0.1) is 11.8 Å². The first-order valence-corrected chi connectivity index (χ1v) is 9.21. The Morgan fingerprint density at radius 1 is 1.12 bits per heavy atom. The van der Waals surface area contributed by atoms with E-state index >= 15 is 0 Å². The van der Waals surface area contributed by atoms with Crippen molar-refractivity contribution in [1.29, 1.82) is 0 Å². The van der Waals surface area contributed by atoms with E-state index in [1.54, 1.807) is 0 Å². The van der Waals surface area contributed by atoms with Gasteiger partial charge in [0.1, 0.15) is 0 Å². The lowest BCUT2D eigenvalue weighted by Gasteiger charge is -2.44. The van der Waals surface area contributed by atoms with Gasteiger partial charge in [-0.05, 0) is 37.8 Å². The average molecular weight is 369 g/mol. The number of aliphatic hydroxyl groups is 2. The molecule has 3 fully saturated rings. The molecule has 3 aliphatic heterocycles. The van der Waals surface area contributed by atoms with Crippen molar-refractivity contribution in [2.24, 2.45) is 11.8 Å². The normalized spacial score (nSPS) is 28.4. The first kappa shape index (κ1) is 20.8. The van der Waals surface area contributed by atoms with Gasteiger partial charge in [-0.1, -0.05) is 0 Å². The van der Waals surface area contributed by atoms with Crippen molar-refractivity contribution in [2.45, 2.75) is 25.0 Å². The molecule has 11 heteroatoms. The Kier molecular flexibility index (Phi) is 7.55. The molecule has 0 spiro atoms. The van der Waals surface area contributed by atoms with Crippen molar-refractivity contribution < 1.29 is 42.6 Å². The lowest BCUT2D eigenvalue weighted by Crippen LogP contribution is -2.48. The van der Waals surface area contributed by atoms with Gasteiger partial charge in [0.15, 0.2) is 12.2 Å². The topological polar surface area (TPSA) is 162 Å². The third-order valence-electron chi connectivity index (χ3n) is 4.09.